The van der Waals surface area contributed by atoms with Gasteiger partial charge in [-0.1, -0.05) is 30.3 Å². The molecule has 2 heterocycles. The minimum Gasteiger partial charge on any atom is -0.494 e. The summed E-state index contributed by atoms with van der Waals surface area (Å²) < 4.78 is 7.37. The molecule has 202 valence electrons. The maximum atomic E-state index is 13.1. The molecule has 5 rings (SSSR count). The van der Waals surface area contributed by atoms with Gasteiger partial charge in [-0.05, 0) is 60.7 Å². The number of amides is 3. The van der Waals surface area contributed by atoms with Crippen LogP contribution in [0.25, 0.3) is 17.0 Å². The Kier molecular flexibility index (Phi) is 7.65. The fourth-order valence-corrected chi connectivity index (χ4v) is 5.19. The molecule has 3 aromatic carbocycles. The molecule has 0 bridgehead atoms. The van der Waals surface area contributed by atoms with E-state index in [0.717, 1.165) is 38.7 Å². The van der Waals surface area contributed by atoms with E-state index < -0.39 is 28.5 Å². The summed E-state index contributed by atoms with van der Waals surface area (Å²) in [4.78, 5) is 50.0. The smallest absolute Gasteiger partial charge is 0.294 e. The van der Waals surface area contributed by atoms with Crippen molar-refractivity contribution in [2.75, 3.05) is 18.5 Å². The number of ether oxygens (including phenoxy) is 1. The normalized spacial score (nSPS) is 14.2. The highest BCUT2D eigenvalue weighted by atomic mass is 32.2. The number of fused-ring (bicyclic) bond motifs is 1. The average molecular weight is 557 g/mol. The molecule has 10 nitrogen and oxygen atoms in total. The van der Waals surface area contributed by atoms with Gasteiger partial charge in [0.2, 0.25) is 5.91 Å². The van der Waals surface area contributed by atoms with Crippen LogP contribution in [0.5, 0.6) is 5.75 Å². The number of imide groups is 1. The molecule has 1 aliphatic rings. The maximum Gasteiger partial charge on any atom is 0.294 e. The van der Waals surface area contributed by atoms with Crippen molar-refractivity contribution in [3.63, 3.8) is 0 Å². The van der Waals surface area contributed by atoms with Gasteiger partial charge < -0.3 is 14.6 Å². The molecule has 1 aliphatic heterocycles. The molecule has 40 heavy (non-hydrogen) atoms. The Morgan fingerprint density at radius 2 is 1.77 bits per heavy atom. The summed E-state index contributed by atoms with van der Waals surface area (Å²) in [6.45, 7) is 2.45. The summed E-state index contributed by atoms with van der Waals surface area (Å²) >= 11 is 0.787. The summed E-state index contributed by atoms with van der Waals surface area (Å²) in [7, 11) is 0. The van der Waals surface area contributed by atoms with E-state index >= 15 is 0 Å². The third kappa shape index (κ3) is 5.74. The topological polar surface area (TPSA) is 124 Å². The summed E-state index contributed by atoms with van der Waals surface area (Å²) in [5.74, 6) is -0.359. The van der Waals surface area contributed by atoms with Gasteiger partial charge >= 0.3 is 0 Å². The number of anilines is 1. The first-order chi connectivity index (χ1) is 19.3. The number of rotatable bonds is 9. The number of hydrogen-bond acceptors (Lipinski definition) is 7. The molecule has 1 fully saturated rings. The molecular weight excluding hydrogens is 532 g/mol. The van der Waals surface area contributed by atoms with Crippen LogP contribution in [0.4, 0.5) is 16.2 Å². The van der Waals surface area contributed by atoms with Crippen LogP contribution in [0.15, 0.2) is 83.9 Å². The lowest BCUT2D eigenvalue weighted by Gasteiger charge is -2.12. The summed E-state index contributed by atoms with van der Waals surface area (Å²) in [5.41, 5.74) is 3.06. The minimum atomic E-state index is -0.538. The lowest BCUT2D eigenvalue weighted by atomic mass is 10.1. The second-order valence-corrected chi connectivity index (χ2v) is 9.92. The van der Waals surface area contributed by atoms with Crippen molar-refractivity contribution in [2.45, 2.75) is 13.5 Å². The average Bonchev–Trinajstić information content (AvgIpc) is 3.42. The highest BCUT2D eigenvalue weighted by Gasteiger charge is 2.36. The third-order valence-electron chi connectivity index (χ3n) is 6.23. The van der Waals surface area contributed by atoms with Gasteiger partial charge in [-0.15, -0.1) is 0 Å². The van der Waals surface area contributed by atoms with E-state index in [9.17, 15) is 24.5 Å². The van der Waals surface area contributed by atoms with Crippen molar-refractivity contribution in [1.29, 1.82) is 0 Å². The third-order valence-corrected chi connectivity index (χ3v) is 7.14. The zero-order valence-corrected chi connectivity index (χ0v) is 22.2. The Morgan fingerprint density at radius 1 is 1.05 bits per heavy atom. The molecule has 11 heteroatoms. The van der Waals surface area contributed by atoms with E-state index in [1.165, 1.54) is 12.1 Å². The van der Waals surface area contributed by atoms with Crippen LogP contribution in [0.3, 0.4) is 0 Å². The van der Waals surface area contributed by atoms with E-state index in [0.29, 0.717) is 24.6 Å². The van der Waals surface area contributed by atoms with Crippen LogP contribution in [-0.4, -0.2) is 44.6 Å². The van der Waals surface area contributed by atoms with Gasteiger partial charge in [0, 0.05) is 47.0 Å². The molecular formula is C29H24N4O6S. The molecule has 0 spiro atoms. The molecule has 0 unspecified atom stereocenters. The zero-order chi connectivity index (χ0) is 28.2. The number of para-hydroxylation sites is 1. The minimum absolute atomic E-state index is 0.0192. The van der Waals surface area contributed by atoms with Gasteiger partial charge in [0.25, 0.3) is 16.8 Å². The second-order valence-electron chi connectivity index (χ2n) is 8.93. The predicted octanol–water partition coefficient (Wildman–Crippen LogP) is 5.67. The highest BCUT2D eigenvalue weighted by Crippen LogP contribution is 2.34. The van der Waals surface area contributed by atoms with Crippen LogP contribution in [-0.2, 0) is 16.1 Å². The number of non-ortho nitro benzene ring substituents is 1. The van der Waals surface area contributed by atoms with Crippen LogP contribution in [0.1, 0.15) is 18.1 Å². The van der Waals surface area contributed by atoms with Gasteiger partial charge in [0.05, 0.1) is 16.4 Å². The molecule has 1 saturated heterocycles. The summed E-state index contributed by atoms with van der Waals surface area (Å²) in [6.07, 6.45) is 3.53. The fraction of sp³-hybridized carbons (Fsp3) is 0.138. The van der Waals surface area contributed by atoms with E-state index in [-0.39, 0.29) is 10.6 Å². The Labute approximate surface area is 233 Å². The Bertz CT molecular complexity index is 1640. The number of aromatic nitrogens is 1. The number of benzene rings is 3. The largest absolute Gasteiger partial charge is 0.494 e. The second kappa shape index (κ2) is 11.5. The molecule has 1 N–H and O–H groups in total. The Morgan fingerprint density at radius 3 is 2.48 bits per heavy atom. The molecule has 4 aromatic rings. The molecule has 0 radical (unpaired) electrons. The van der Waals surface area contributed by atoms with Crippen molar-refractivity contribution in [3.05, 3.63) is 105 Å². The number of carbonyl (C=O) groups excluding carboxylic acids is 3. The molecule has 0 saturated carbocycles. The molecule has 3 amide bonds. The van der Waals surface area contributed by atoms with E-state index in [1.54, 1.807) is 42.5 Å². The number of carbonyl (C=O) groups is 3. The number of nitro benzene ring substituents is 1. The van der Waals surface area contributed by atoms with Crippen molar-refractivity contribution in [1.82, 2.24) is 9.47 Å². The first kappa shape index (κ1) is 26.7. The van der Waals surface area contributed by atoms with Crippen LogP contribution in [0.2, 0.25) is 0 Å². The number of nitro groups is 1. The number of hydrogen-bond donors (Lipinski definition) is 1. The lowest BCUT2D eigenvalue weighted by Crippen LogP contribution is -2.36. The van der Waals surface area contributed by atoms with Gasteiger partial charge in [-0.2, -0.15) is 0 Å². The number of thioether (sulfide) groups is 1. The highest BCUT2D eigenvalue weighted by molar-refractivity contribution is 8.18. The summed E-state index contributed by atoms with van der Waals surface area (Å²) in [6, 6.07) is 20.8. The lowest BCUT2D eigenvalue weighted by molar-refractivity contribution is -0.384. The predicted molar refractivity (Wildman–Crippen MR) is 153 cm³/mol. The van der Waals surface area contributed by atoms with Crippen LogP contribution >= 0.6 is 11.8 Å². The van der Waals surface area contributed by atoms with E-state index in [2.05, 4.69) is 5.32 Å². The van der Waals surface area contributed by atoms with Crippen LogP contribution in [0, 0.1) is 10.1 Å². The SMILES string of the molecule is CCOc1ccc(NC(=O)CN2C(=O)S/C(=C/c3cn(Cc4ccc([N+](=O)[O-])cc4)c4ccccc34)C2=O)cc1. The number of nitrogens with zero attached hydrogens (tertiary/aromatic N) is 3. The first-order valence-corrected chi connectivity index (χ1v) is 13.2. The first-order valence-electron chi connectivity index (χ1n) is 12.4. The van der Waals surface area contributed by atoms with Gasteiger partial charge in [0.1, 0.15) is 12.3 Å². The molecule has 1 aromatic heterocycles. The van der Waals surface area contributed by atoms with Crippen molar-refractivity contribution >= 4 is 57.2 Å². The van der Waals surface area contributed by atoms with Crippen molar-refractivity contribution in [2.24, 2.45) is 0 Å². The van der Waals surface area contributed by atoms with Crippen molar-refractivity contribution in [3.8, 4) is 5.75 Å². The molecule has 0 atom stereocenters. The standard InChI is InChI=1S/C29H24N4O6S/c1-2-39-23-13-9-21(10-14-23)30-27(34)18-32-28(35)26(40-29(32)36)15-20-17-31(25-6-4-3-5-24(20)25)16-19-7-11-22(12-8-19)33(37)38/h3-15,17H,2,16,18H2,1H3,(H,30,34)/b26-15+. The van der Waals surface area contributed by atoms with E-state index in [1.807, 2.05) is 42.0 Å². The van der Waals surface area contributed by atoms with Crippen molar-refractivity contribution < 1.29 is 24.0 Å². The fourth-order valence-electron chi connectivity index (χ4n) is 4.36. The molecule has 0 aliphatic carbocycles. The number of nitrogens with one attached hydrogen (secondary N) is 1. The van der Waals surface area contributed by atoms with Gasteiger partial charge in [-0.25, -0.2) is 0 Å². The zero-order valence-electron chi connectivity index (χ0n) is 21.4. The van der Waals surface area contributed by atoms with Gasteiger partial charge in [0.15, 0.2) is 0 Å². The maximum absolute atomic E-state index is 13.1. The quantitative estimate of drug-likeness (QED) is 0.160. The van der Waals surface area contributed by atoms with Crippen LogP contribution < -0.4 is 10.1 Å². The van der Waals surface area contributed by atoms with Gasteiger partial charge in [-0.3, -0.25) is 29.4 Å². The monoisotopic (exact) mass is 556 g/mol. The van der Waals surface area contributed by atoms with E-state index in [4.69, 9.17) is 4.74 Å². The summed E-state index contributed by atoms with van der Waals surface area (Å²) in [5, 5.41) is 14.0. The Balaban J connectivity index is 1.32. The Hall–Kier alpha value is -4.90.